The minimum absolute atomic E-state index is 0.471. The smallest absolute Gasteiger partial charge is 0.118 e. The second-order valence-corrected chi connectivity index (χ2v) is 6.58. The van der Waals surface area contributed by atoms with Crippen LogP contribution in [0.1, 0.15) is 11.1 Å². The number of aliphatic hydroxyl groups is 1. The van der Waals surface area contributed by atoms with Gasteiger partial charge in [-0.05, 0) is 36.8 Å². The molecule has 0 fully saturated rings. The maximum Gasteiger partial charge on any atom is 0.118 e. The molecule has 0 radical (unpaired) electrons. The Hall–Kier alpha value is -1.75. The molecule has 0 saturated carbocycles. The second-order valence-electron chi connectivity index (χ2n) is 5.48. The molecule has 3 nitrogen and oxygen atoms in total. The Balaban J connectivity index is 1.62. The Morgan fingerprint density at radius 3 is 2.46 bits per heavy atom. The summed E-state index contributed by atoms with van der Waals surface area (Å²) in [5, 5.41) is 9.96. The number of hydrogen-bond acceptors (Lipinski definition) is 4. The van der Waals surface area contributed by atoms with Gasteiger partial charge in [0.25, 0.3) is 0 Å². The third kappa shape index (κ3) is 6.79. The van der Waals surface area contributed by atoms with E-state index in [0.29, 0.717) is 19.0 Å². The van der Waals surface area contributed by atoms with E-state index in [1.807, 2.05) is 30.3 Å². The highest BCUT2D eigenvalue weighted by Crippen LogP contribution is 2.19. The van der Waals surface area contributed by atoms with Crippen LogP contribution in [-0.4, -0.2) is 30.7 Å². The molecule has 0 amide bonds. The number of rotatable bonds is 9. The van der Waals surface area contributed by atoms with Gasteiger partial charge in [0, 0.05) is 10.6 Å². The van der Waals surface area contributed by atoms with Gasteiger partial charge in [-0.3, -0.25) is 0 Å². The van der Waals surface area contributed by atoms with E-state index < -0.39 is 6.10 Å². The van der Waals surface area contributed by atoms with Crippen molar-refractivity contribution in [2.24, 2.45) is 0 Å². The Morgan fingerprint density at radius 1 is 1.08 bits per heavy atom. The quantitative estimate of drug-likeness (QED) is 0.420. The van der Waals surface area contributed by atoms with Gasteiger partial charge < -0.3 is 14.6 Å². The lowest BCUT2D eigenvalue weighted by Gasteiger charge is -2.06. The molecule has 0 aromatic heterocycles. The van der Waals surface area contributed by atoms with Gasteiger partial charge >= 0.3 is 0 Å². The average Bonchev–Trinajstić information content (AvgIpc) is 2.61. The number of aliphatic hydroxyl groups excluding tert-OH is 1. The summed E-state index contributed by atoms with van der Waals surface area (Å²) in [7, 11) is 1.65. The Bertz CT molecular complexity index is 620. The molecule has 2 aromatic carbocycles. The van der Waals surface area contributed by atoms with Crippen molar-refractivity contribution in [1.82, 2.24) is 0 Å². The fraction of sp³-hybridized carbons (Fsp3) is 0.300. The van der Waals surface area contributed by atoms with Crippen LogP contribution in [0.2, 0.25) is 0 Å². The number of aryl methyl sites for hydroxylation is 1. The van der Waals surface area contributed by atoms with Crippen LogP contribution < -0.4 is 4.74 Å². The van der Waals surface area contributed by atoms with Crippen LogP contribution in [-0.2, 0) is 11.3 Å². The highest BCUT2D eigenvalue weighted by Gasteiger charge is 2.01. The molecule has 0 aliphatic rings. The summed E-state index contributed by atoms with van der Waals surface area (Å²) in [6, 6.07) is 16.1. The van der Waals surface area contributed by atoms with E-state index in [2.05, 4.69) is 31.2 Å². The van der Waals surface area contributed by atoms with Gasteiger partial charge in [0.05, 0.1) is 26.4 Å². The molecule has 0 saturated heterocycles. The van der Waals surface area contributed by atoms with E-state index in [1.54, 1.807) is 24.9 Å². The molecule has 0 bridgehead atoms. The van der Waals surface area contributed by atoms with Gasteiger partial charge in [-0.2, -0.15) is 0 Å². The first kappa shape index (κ1) is 18.6. The molecule has 0 heterocycles. The first-order chi connectivity index (χ1) is 11.7. The molecular weight excluding hydrogens is 320 g/mol. The first-order valence-electron chi connectivity index (χ1n) is 7.92. The van der Waals surface area contributed by atoms with Crippen molar-refractivity contribution >= 4 is 11.8 Å². The van der Waals surface area contributed by atoms with Crippen molar-refractivity contribution < 1.29 is 14.6 Å². The van der Waals surface area contributed by atoms with Gasteiger partial charge in [-0.15, -0.1) is 11.8 Å². The molecule has 0 unspecified atom stereocenters. The third-order valence-electron chi connectivity index (χ3n) is 3.44. The zero-order valence-electron chi connectivity index (χ0n) is 14.1. The SMILES string of the molecule is COc1ccc(COC/C=C\[C@H](O)CSc2ccc(C)cc2)cc1. The van der Waals surface area contributed by atoms with Gasteiger partial charge in [0.2, 0.25) is 0 Å². The summed E-state index contributed by atoms with van der Waals surface area (Å²) < 4.78 is 10.7. The van der Waals surface area contributed by atoms with Crippen LogP contribution in [0.15, 0.2) is 65.6 Å². The molecule has 2 rings (SSSR count). The van der Waals surface area contributed by atoms with Crippen LogP contribution in [0.25, 0.3) is 0 Å². The molecule has 4 heteroatoms. The fourth-order valence-corrected chi connectivity index (χ4v) is 2.85. The maximum absolute atomic E-state index is 9.96. The van der Waals surface area contributed by atoms with Gasteiger partial charge in [-0.1, -0.05) is 42.0 Å². The zero-order chi connectivity index (χ0) is 17.2. The number of ether oxygens (including phenoxy) is 2. The van der Waals surface area contributed by atoms with Gasteiger partial charge in [0.1, 0.15) is 5.75 Å². The monoisotopic (exact) mass is 344 g/mol. The number of methoxy groups -OCH3 is 1. The average molecular weight is 344 g/mol. The molecule has 24 heavy (non-hydrogen) atoms. The van der Waals surface area contributed by atoms with Gasteiger partial charge in [0.15, 0.2) is 0 Å². The van der Waals surface area contributed by atoms with E-state index in [4.69, 9.17) is 9.47 Å². The topological polar surface area (TPSA) is 38.7 Å². The molecule has 1 atom stereocenters. The summed E-state index contributed by atoms with van der Waals surface area (Å²) in [5.74, 6) is 1.48. The summed E-state index contributed by atoms with van der Waals surface area (Å²) in [4.78, 5) is 1.17. The van der Waals surface area contributed by atoms with Crippen molar-refractivity contribution in [3.63, 3.8) is 0 Å². The first-order valence-corrected chi connectivity index (χ1v) is 8.91. The molecular formula is C20H24O3S. The lowest BCUT2D eigenvalue weighted by atomic mass is 10.2. The van der Waals surface area contributed by atoms with Crippen LogP contribution >= 0.6 is 11.8 Å². The molecule has 0 spiro atoms. The van der Waals surface area contributed by atoms with Crippen LogP contribution in [0.4, 0.5) is 0 Å². The van der Waals surface area contributed by atoms with E-state index in [-0.39, 0.29) is 0 Å². The minimum Gasteiger partial charge on any atom is -0.497 e. The molecule has 2 aromatic rings. The van der Waals surface area contributed by atoms with Gasteiger partial charge in [-0.25, -0.2) is 0 Å². The Labute approximate surface area is 148 Å². The number of hydrogen-bond donors (Lipinski definition) is 1. The van der Waals surface area contributed by atoms with Crippen molar-refractivity contribution in [2.45, 2.75) is 24.5 Å². The summed E-state index contributed by atoms with van der Waals surface area (Å²) in [6.45, 7) is 3.10. The summed E-state index contributed by atoms with van der Waals surface area (Å²) in [5.41, 5.74) is 2.34. The summed E-state index contributed by atoms with van der Waals surface area (Å²) in [6.07, 6.45) is 3.18. The highest BCUT2D eigenvalue weighted by molar-refractivity contribution is 7.99. The predicted molar refractivity (Wildman–Crippen MR) is 99.7 cm³/mol. The van der Waals surface area contributed by atoms with Crippen LogP contribution in [0.3, 0.4) is 0 Å². The normalized spacial score (nSPS) is 12.5. The maximum atomic E-state index is 9.96. The third-order valence-corrected chi connectivity index (χ3v) is 4.56. The predicted octanol–water partition coefficient (Wildman–Crippen LogP) is 4.23. The van der Waals surface area contributed by atoms with Crippen molar-refractivity contribution in [1.29, 1.82) is 0 Å². The van der Waals surface area contributed by atoms with E-state index in [1.165, 1.54) is 10.5 Å². The van der Waals surface area contributed by atoms with Crippen LogP contribution in [0, 0.1) is 6.92 Å². The molecule has 128 valence electrons. The van der Waals surface area contributed by atoms with Crippen molar-refractivity contribution in [3.05, 3.63) is 71.8 Å². The molecule has 0 aliphatic heterocycles. The van der Waals surface area contributed by atoms with Crippen molar-refractivity contribution in [2.75, 3.05) is 19.5 Å². The Kier molecular flexibility index (Phi) is 7.89. The van der Waals surface area contributed by atoms with E-state index in [0.717, 1.165) is 11.3 Å². The van der Waals surface area contributed by atoms with E-state index >= 15 is 0 Å². The molecule has 0 aliphatic carbocycles. The number of thioether (sulfide) groups is 1. The fourth-order valence-electron chi connectivity index (χ4n) is 2.05. The second kappa shape index (κ2) is 10.2. The van der Waals surface area contributed by atoms with Crippen molar-refractivity contribution in [3.8, 4) is 5.75 Å². The highest BCUT2D eigenvalue weighted by atomic mass is 32.2. The lowest BCUT2D eigenvalue weighted by Crippen LogP contribution is -2.06. The minimum atomic E-state index is -0.471. The zero-order valence-corrected chi connectivity index (χ0v) is 15.0. The number of benzene rings is 2. The lowest BCUT2D eigenvalue weighted by molar-refractivity contribution is 0.147. The largest absolute Gasteiger partial charge is 0.497 e. The standard InChI is InChI=1S/C20H24O3S/c1-16-5-11-20(12-6-16)24-15-18(21)4-3-13-23-14-17-7-9-19(22-2)10-8-17/h3-12,18,21H,13-15H2,1-2H3/b4-3-/t18-/m0/s1. The Morgan fingerprint density at radius 2 is 1.79 bits per heavy atom. The molecule has 1 N–H and O–H groups in total. The summed E-state index contributed by atoms with van der Waals surface area (Å²) >= 11 is 1.65. The van der Waals surface area contributed by atoms with E-state index in [9.17, 15) is 5.11 Å². The van der Waals surface area contributed by atoms with Crippen LogP contribution in [0.5, 0.6) is 5.75 Å².